The number of nitrogens with one attached hydrogen (secondary N) is 1. The molecule has 1 aliphatic rings. The molecule has 7 nitrogen and oxygen atoms in total. The van der Waals surface area contributed by atoms with Crippen LogP contribution in [0.2, 0.25) is 0 Å². The van der Waals surface area contributed by atoms with E-state index in [0.29, 0.717) is 28.0 Å². The summed E-state index contributed by atoms with van der Waals surface area (Å²) >= 11 is 0. The number of rotatable bonds is 5. The number of nitrogens with zero attached hydrogens (tertiary/aromatic N) is 3. The van der Waals surface area contributed by atoms with Gasteiger partial charge in [0.1, 0.15) is 11.6 Å². The highest BCUT2D eigenvalue weighted by Crippen LogP contribution is 2.32. The van der Waals surface area contributed by atoms with E-state index < -0.39 is 5.91 Å². The van der Waals surface area contributed by atoms with Gasteiger partial charge >= 0.3 is 0 Å². The number of pyridine rings is 2. The Labute approximate surface area is 167 Å². The first-order chi connectivity index (χ1) is 14.0. The van der Waals surface area contributed by atoms with Crippen LogP contribution in [0.4, 0.5) is 15.9 Å². The van der Waals surface area contributed by atoms with E-state index in [1.807, 2.05) is 6.07 Å². The molecule has 8 heteroatoms. The highest BCUT2D eigenvalue weighted by molar-refractivity contribution is 5.94. The summed E-state index contributed by atoms with van der Waals surface area (Å²) in [5.74, 6) is -0.430. The second-order valence-electron chi connectivity index (χ2n) is 7.25. The van der Waals surface area contributed by atoms with Crippen LogP contribution in [0, 0.1) is 5.82 Å². The van der Waals surface area contributed by atoms with Crippen molar-refractivity contribution in [1.82, 2.24) is 15.4 Å². The number of halogens is 1. The molecule has 1 fully saturated rings. The first kappa shape index (κ1) is 19.2. The summed E-state index contributed by atoms with van der Waals surface area (Å²) in [7, 11) is 0. The Morgan fingerprint density at radius 2 is 1.97 bits per heavy atom. The predicted molar refractivity (Wildman–Crippen MR) is 110 cm³/mol. The van der Waals surface area contributed by atoms with Crippen LogP contribution >= 0.6 is 0 Å². The normalized spacial score (nSPS) is 19.2. The van der Waals surface area contributed by atoms with Gasteiger partial charge in [-0.15, -0.1) is 0 Å². The van der Waals surface area contributed by atoms with Crippen molar-refractivity contribution in [3.63, 3.8) is 0 Å². The van der Waals surface area contributed by atoms with E-state index in [2.05, 4.69) is 15.4 Å². The topological polar surface area (TPSA) is 110 Å². The van der Waals surface area contributed by atoms with Crippen LogP contribution in [-0.2, 0) is 0 Å². The molecule has 1 aliphatic carbocycles. The maximum Gasteiger partial charge on any atom is 0.250 e. The van der Waals surface area contributed by atoms with Gasteiger partial charge in [0.15, 0.2) is 0 Å². The minimum Gasteiger partial charge on any atom is -0.366 e. The van der Waals surface area contributed by atoms with Crippen LogP contribution in [0.1, 0.15) is 36.0 Å². The van der Waals surface area contributed by atoms with Crippen LogP contribution in [-0.4, -0.2) is 28.0 Å². The summed E-state index contributed by atoms with van der Waals surface area (Å²) in [5.41, 5.74) is 16.5. The quantitative estimate of drug-likeness (QED) is 0.574. The van der Waals surface area contributed by atoms with Gasteiger partial charge in [-0.05, 0) is 43.2 Å². The number of hydrazine groups is 1. The maximum atomic E-state index is 14.7. The first-order valence-corrected chi connectivity index (χ1v) is 9.65. The zero-order valence-corrected chi connectivity index (χ0v) is 15.9. The van der Waals surface area contributed by atoms with Gasteiger partial charge in [0.2, 0.25) is 5.91 Å². The lowest BCUT2D eigenvalue weighted by Gasteiger charge is -2.35. The molecule has 0 radical (unpaired) electrons. The number of hydrogen-bond acceptors (Lipinski definition) is 6. The van der Waals surface area contributed by atoms with Crippen LogP contribution in [0.5, 0.6) is 0 Å². The highest BCUT2D eigenvalue weighted by atomic mass is 19.1. The minimum absolute atomic E-state index is 0.0105. The van der Waals surface area contributed by atoms with E-state index in [0.717, 1.165) is 25.7 Å². The molecular formula is C21H23FN6O. The lowest BCUT2D eigenvalue weighted by atomic mass is 9.91. The number of aromatic nitrogens is 2. The number of carbonyl (C=O) groups excluding carboxylic acids is 1. The average Bonchev–Trinajstić information content (AvgIpc) is 2.73. The van der Waals surface area contributed by atoms with Crippen molar-refractivity contribution in [2.75, 3.05) is 5.01 Å². The fourth-order valence-corrected chi connectivity index (χ4v) is 3.74. The number of hydrogen-bond donors (Lipinski definition) is 3. The molecule has 0 aliphatic heterocycles. The van der Waals surface area contributed by atoms with Gasteiger partial charge in [-0.1, -0.05) is 18.9 Å². The molecule has 2 atom stereocenters. The second kappa shape index (κ2) is 8.10. The van der Waals surface area contributed by atoms with Crippen LogP contribution in [0.3, 0.4) is 0 Å². The average molecular weight is 394 g/mol. The number of benzene rings is 1. The Balaban J connectivity index is 1.81. The molecule has 5 N–H and O–H groups in total. The van der Waals surface area contributed by atoms with E-state index >= 15 is 0 Å². The molecule has 0 saturated heterocycles. The first-order valence-electron chi connectivity index (χ1n) is 9.65. The van der Waals surface area contributed by atoms with Gasteiger partial charge in [-0.2, -0.15) is 0 Å². The van der Waals surface area contributed by atoms with Gasteiger partial charge in [-0.25, -0.2) is 14.8 Å². The number of anilines is 2. The smallest absolute Gasteiger partial charge is 0.250 e. The molecule has 2 unspecified atom stereocenters. The van der Waals surface area contributed by atoms with Crippen LogP contribution < -0.4 is 21.9 Å². The number of amides is 1. The maximum absolute atomic E-state index is 14.7. The van der Waals surface area contributed by atoms with Crippen molar-refractivity contribution >= 4 is 28.3 Å². The third kappa shape index (κ3) is 3.90. The SMILES string of the molecule is NC(=O)c1ccc(N(NC2CCCCC2N)c2cccc3nccc(F)c23)nc1. The van der Waals surface area contributed by atoms with Crippen molar-refractivity contribution in [3.8, 4) is 0 Å². The zero-order valence-electron chi connectivity index (χ0n) is 15.9. The predicted octanol–water partition coefficient (Wildman–Crippen LogP) is 2.78. The third-order valence-electron chi connectivity index (χ3n) is 5.31. The van der Waals surface area contributed by atoms with Crippen molar-refractivity contribution in [2.45, 2.75) is 37.8 Å². The summed E-state index contributed by atoms with van der Waals surface area (Å²) < 4.78 is 14.7. The van der Waals surface area contributed by atoms with Crippen molar-refractivity contribution < 1.29 is 9.18 Å². The molecule has 1 amide bonds. The number of primary amides is 1. The molecule has 2 aromatic heterocycles. The fourth-order valence-electron chi connectivity index (χ4n) is 3.74. The number of carbonyl (C=O) groups is 1. The largest absolute Gasteiger partial charge is 0.366 e. The lowest BCUT2D eigenvalue weighted by molar-refractivity contribution is 0.1000. The zero-order chi connectivity index (χ0) is 20.4. The van der Waals surface area contributed by atoms with E-state index in [1.165, 1.54) is 18.5 Å². The van der Waals surface area contributed by atoms with E-state index in [1.54, 1.807) is 29.3 Å². The summed E-state index contributed by atoms with van der Waals surface area (Å²) in [6, 6.07) is 9.98. The highest BCUT2D eigenvalue weighted by Gasteiger charge is 2.26. The van der Waals surface area contributed by atoms with Crippen LogP contribution in [0.15, 0.2) is 48.8 Å². The molecular weight excluding hydrogens is 371 g/mol. The van der Waals surface area contributed by atoms with E-state index in [9.17, 15) is 9.18 Å². The van der Waals surface area contributed by atoms with Crippen molar-refractivity contribution in [3.05, 3.63) is 60.2 Å². The Hall–Kier alpha value is -3.10. The van der Waals surface area contributed by atoms with Gasteiger partial charge in [0.25, 0.3) is 0 Å². The number of nitrogens with two attached hydrogens (primary N) is 2. The third-order valence-corrected chi connectivity index (χ3v) is 5.31. The molecule has 29 heavy (non-hydrogen) atoms. The fraction of sp³-hybridized carbons (Fsp3) is 0.286. The van der Waals surface area contributed by atoms with Gasteiger partial charge in [-0.3, -0.25) is 14.8 Å². The van der Waals surface area contributed by atoms with Crippen molar-refractivity contribution in [2.24, 2.45) is 11.5 Å². The molecule has 4 rings (SSSR count). The molecule has 150 valence electrons. The van der Waals surface area contributed by atoms with Gasteiger partial charge < -0.3 is 11.5 Å². The van der Waals surface area contributed by atoms with E-state index in [4.69, 9.17) is 11.5 Å². The monoisotopic (exact) mass is 394 g/mol. The van der Waals surface area contributed by atoms with E-state index in [-0.39, 0.29) is 17.9 Å². The van der Waals surface area contributed by atoms with Gasteiger partial charge in [0.05, 0.1) is 22.2 Å². The Morgan fingerprint density at radius 1 is 1.14 bits per heavy atom. The summed E-state index contributed by atoms with van der Waals surface area (Å²) in [6.07, 6.45) is 6.84. The lowest BCUT2D eigenvalue weighted by Crippen LogP contribution is -2.53. The summed E-state index contributed by atoms with van der Waals surface area (Å²) in [5, 5.41) is 2.11. The van der Waals surface area contributed by atoms with Crippen LogP contribution in [0.25, 0.3) is 10.9 Å². The van der Waals surface area contributed by atoms with Gasteiger partial charge in [0, 0.05) is 24.5 Å². The molecule has 3 aromatic rings. The Kier molecular flexibility index (Phi) is 5.37. The molecule has 1 saturated carbocycles. The summed E-state index contributed by atoms with van der Waals surface area (Å²) in [4.78, 5) is 20.1. The Bertz CT molecular complexity index is 1020. The molecule has 2 heterocycles. The Morgan fingerprint density at radius 3 is 2.69 bits per heavy atom. The molecule has 0 spiro atoms. The minimum atomic E-state index is -0.557. The summed E-state index contributed by atoms with van der Waals surface area (Å²) in [6.45, 7) is 0. The molecule has 0 bridgehead atoms. The standard InChI is InChI=1S/C21H23FN6O/c22-14-10-11-25-17-6-3-7-18(20(14)17)28(27-16-5-2-1-4-15(16)23)19-9-8-13(12-26-19)21(24)29/h3,6-12,15-16,27H,1-2,4-5,23H2,(H2,24,29). The van der Waals surface area contributed by atoms with Crippen molar-refractivity contribution in [1.29, 1.82) is 0 Å². The number of fused-ring (bicyclic) bond motifs is 1. The molecule has 1 aromatic carbocycles. The second-order valence-corrected chi connectivity index (χ2v) is 7.25.